The molecule has 6 N–H and O–H groups in total. The average Bonchev–Trinajstić information content (AvgIpc) is 2.52. The van der Waals surface area contributed by atoms with Crippen molar-refractivity contribution in [2.45, 2.75) is 37.8 Å². The molecule has 10 nitrogen and oxygen atoms in total. The molecule has 0 aromatic rings. The van der Waals surface area contributed by atoms with E-state index in [0.717, 1.165) is 6.42 Å². The monoisotopic (exact) mass is 551 g/mol. The van der Waals surface area contributed by atoms with Gasteiger partial charge in [0, 0.05) is 6.10 Å². The van der Waals surface area contributed by atoms with Gasteiger partial charge in [-0.25, -0.2) is 14.8 Å². The Morgan fingerprint density at radius 3 is 1.79 bits per heavy atom. The first-order valence-corrected chi connectivity index (χ1v) is 7.44. The van der Waals surface area contributed by atoms with Crippen molar-refractivity contribution in [3.05, 3.63) is 25.8 Å². The van der Waals surface area contributed by atoms with Gasteiger partial charge in [-0.3, -0.25) is 0 Å². The SMILES string of the molecule is C=C.NC(C(=O)O)C(=O)O.O=[P+]([O-])OO.[CH2-]C1CCCCC1[NH-].[HH].[Pt+2]. The second kappa shape index (κ2) is 20.3. The second-order valence-electron chi connectivity index (χ2n) is 4.11. The first-order valence-electron chi connectivity index (χ1n) is 6.34. The van der Waals surface area contributed by atoms with Gasteiger partial charge >= 0.3 is 41.3 Å². The Morgan fingerprint density at radius 1 is 1.33 bits per heavy atom. The van der Waals surface area contributed by atoms with Crippen LogP contribution in [-0.2, 0) is 39.9 Å². The Bertz CT molecular complexity index is 344. The van der Waals surface area contributed by atoms with Crippen LogP contribution < -0.4 is 10.6 Å². The van der Waals surface area contributed by atoms with Gasteiger partial charge in [0.15, 0.2) is 0 Å². The zero-order valence-corrected chi connectivity index (χ0v) is 16.1. The predicted octanol–water partition coefficient (Wildman–Crippen LogP) is 1.45. The van der Waals surface area contributed by atoms with Gasteiger partial charge in [-0.2, -0.15) is 12.0 Å². The molecule has 1 aliphatic rings. The third-order valence-electron chi connectivity index (χ3n) is 2.51. The van der Waals surface area contributed by atoms with Crippen molar-refractivity contribution in [3.63, 3.8) is 0 Å². The summed E-state index contributed by atoms with van der Waals surface area (Å²) in [6.45, 7) is 9.89. The van der Waals surface area contributed by atoms with Crippen LogP contribution in [0.15, 0.2) is 13.2 Å². The zero-order valence-electron chi connectivity index (χ0n) is 12.9. The summed E-state index contributed by atoms with van der Waals surface area (Å²) in [5, 5.41) is 22.7. The molecule has 0 aromatic heterocycles. The van der Waals surface area contributed by atoms with Crippen molar-refractivity contribution in [1.29, 1.82) is 0 Å². The number of carboxylic acid groups (broad SMARTS) is 2. The number of hydrogen-bond acceptors (Lipinski definition) is 7. The maximum Gasteiger partial charge on any atom is 2.00 e. The molecule has 0 aromatic carbocycles. The number of aliphatic carboxylic acids is 2. The summed E-state index contributed by atoms with van der Waals surface area (Å²) in [5.74, 6) is -2.64. The van der Waals surface area contributed by atoms with Gasteiger partial charge in [-0.15, -0.1) is 13.2 Å². The van der Waals surface area contributed by atoms with Gasteiger partial charge in [0.2, 0.25) is 6.04 Å². The molecule has 1 fully saturated rings. The third-order valence-corrected chi connectivity index (χ3v) is 2.64. The molecule has 0 aliphatic heterocycles. The van der Waals surface area contributed by atoms with E-state index in [-0.39, 0.29) is 28.5 Å². The average molecular weight is 551 g/mol. The van der Waals surface area contributed by atoms with E-state index < -0.39 is 26.2 Å². The number of nitrogens with one attached hydrogen (secondary N) is 1. The van der Waals surface area contributed by atoms with Gasteiger partial charge in [0.1, 0.15) is 0 Å². The van der Waals surface area contributed by atoms with E-state index in [2.05, 4.69) is 30.5 Å². The Balaban J connectivity index is -0.0000000751. The van der Waals surface area contributed by atoms with E-state index in [9.17, 15) is 9.59 Å². The first-order chi connectivity index (χ1) is 10.6. The minimum atomic E-state index is -3.04. The summed E-state index contributed by atoms with van der Waals surface area (Å²) in [5.41, 5.74) is 12.0. The van der Waals surface area contributed by atoms with E-state index in [4.69, 9.17) is 30.7 Å². The van der Waals surface area contributed by atoms with Gasteiger partial charge in [0.05, 0.1) is 0 Å². The minimum Gasteiger partial charge on any atom is -0.677 e. The number of nitrogens with two attached hydrogens (primary N) is 1. The molecule has 0 heterocycles. The largest absolute Gasteiger partial charge is 2.00 e. The quantitative estimate of drug-likeness (QED) is 0.100. The van der Waals surface area contributed by atoms with E-state index in [1.807, 2.05) is 0 Å². The van der Waals surface area contributed by atoms with E-state index in [1.165, 1.54) is 19.3 Å². The fourth-order valence-corrected chi connectivity index (χ4v) is 1.31. The van der Waals surface area contributed by atoms with Crippen molar-refractivity contribution < 1.29 is 61.7 Å². The van der Waals surface area contributed by atoms with Gasteiger partial charge in [-0.05, 0) is 4.57 Å². The summed E-state index contributed by atoms with van der Waals surface area (Å²) in [7, 11) is -3.04. The molecule has 3 atom stereocenters. The Kier molecular flexibility index (Phi) is 26.3. The number of hydrogen-bond donors (Lipinski definition) is 4. The molecular weight excluding hydrogens is 526 g/mol. The van der Waals surface area contributed by atoms with Gasteiger partial charge in [0.25, 0.3) is 0 Å². The van der Waals surface area contributed by atoms with Crippen LogP contribution in [-0.4, -0.2) is 39.5 Å². The summed E-state index contributed by atoms with van der Waals surface area (Å²) < 4.78 is 11.6. The van der Waals surface area contributed by atoms with Crippen LogP contribution in [0.2, 0.25) is 0 Å². The van der Waals surface area contributed by atoms with Crippen LogP contribution in [0.1, 0.15) is 27.1 Å². The molecule has 3 unspecified atom stereocenters. The third kappa shape index (κ3) is 21.3. The smallest absolute Gasteiger partial charge is 0.677 e. The second-order valence-corrected chi connectivity index (χ2v) is 4.72. The molecule has 1 saturated carbocycles. The molecule has 1 aliphatic carbocycles. The molecule has 0 saturated heterocycles. The van der Waals surface area contributed by atoms with Crippen molar-refractivity contribution >= 4 is 20.2 Å². The fourth-order valence-electron chi connectivity index (χ4n) is 1.31. The number of rotatable bonds is 3. The summed E-state index contributed by atoms with van der Waals surface area (Å²) in [6, 6.07) is -1.65. The van der Waals surface area contributed by atoms with Crippen LogP contribution in [0.4, 0.5) is 0 Å². The van der Waals surface area contributed by atoms with Crippen molar-refractivity contribution in [2.75, 3.05) is 0 Å². The Hall–Kier alpha value is -0.732. The van der Waals surface area contributed by atoms with Crippen molar-refractivity contribution in [3.8, 4) is 0 Å². The number of carbonyl (C=O) groups is 2. The van der Waals surface area contributed by atoms with Crippen LogP contribution in [0.3, 0.4) is 0 Å². The van der Waals surface area contributed by atoms with Crippen molar-refractivity contribution in [2.24, 2.45) is 11.7 Å². The van der Waals surface area contributed by atoms with E-state index >= 15 is 0 Å². The molecule has 24 heavy (non-hydrogen) atoms. The summed E-state index contributed by atoms with van der Waals surface area (Å²) in [6.07, 6.45) is 4.80. The molecule has 0 amide bonds. The maximum absolute atomic E-state index is 9.63. The minimum absolute atomic E-state index is 0. The molecule has 146 valence electrons. The zero-order chi connectivity index (χ0) is 19.0. The molecule has 12 heteroatoms. The van der Waals surface area contributed by atoms with Gasteiger partial charge in [-0.1, -0.05) is 25.7 Å². The van der Waals surface area contributed by atoms with Gasteiger partial charge < -0.3 is 33.5 Å². The van der Waals surface area contributed by atoms with Crippen LogP contribution in [0, 0.1) is 12.8 Å². The van der Waals surface area contributed by atoms with Crippen molar-refractivity contribution in [1.82, 2.24) is 0 Å². The molecule has 1 rings (SSSR count). The Labute approximate surface area is 157 Å². The maximum atomic E-state index is 9.63. The summed E-state index contributed by atoms with van der Waals surface area (Å²) in [4.78, 5) is 28.2. The van der Waals surface area contributed by atoms with E-state index in [1.54, 1.807) is 0 Å². The molecule has 0 radical (unpaired) electrons. The fraction of sp³-hybridized carbons (Fsp3) is 0.583. The molecular formula is C12H25N2O8PPt. The van der Waals surface area contributed by atoms with E-state index in [0.29, 0.717) is 5.92 Å². The van der Waals surface area contributed by atoms with Crippen LogP contribution in [0.5, 0.6) is 0 Å². The van der Waals surface area contributed by atoms with Crippen LogP contribution in [0.25, 0.3) is 5.73 Å². The van der Waals surface area contributed by atoms with Crippen LogP contribution >= 0.6 is 8.25 Å². The molecule has 0 bridgehead atoms. The number of carboxylic acids is 2. The Morgan fingerprint density at radius 2 is 1.67 bits per heavy atom. The standard InChI is InChI=1S/C7H13N.C3H5NO4.C2H4.HO4P.Pt.H2/c1-6-4-2-3-5-7(6)8;4-1(2(5)6)3(7)8;1-2;1-4-5(2)3;;/h6-8H,1-5H2;1H,4H2,(H,5,6)(H,7,8);1-2H2;1H;;1H/q-2;;;;+2;. The topological polar surface area (TPSA) is 194 Å². The molecule has 0 spiro atoms. The predicted molar refractivity (Wildman–Crippen MR) is 83.4 cm³/mol. The summed E-state index contributed by atoms with van der Waals surface area (Å²) >= 11 is 0. The normalized spacial score (nSPS) is 18.8. The first kappa shape index (κ1) is 31.1.